The van der Waals surface area contributed by atoms with Crippen LogP contribution in [0.25, 0.3) is 33.3 Å². The Bertz CT molecular complexity index is 1340. The van der Waals surface area contributed by atoms with Crippen LogP contribution in [0.4, 0.5) is 5.69 Å². The number of nitrogens with zero attached hydrogens (tertiary/aromatic N) is 7. The van der Waals surface area contributed by atoms with Gasteiger partial charge in [-0.15, -0.1) is 0 Å². The molecule has 0 spiro atoms. The van der Waals surface area contributed by atoms with E-state index in [4.69, 9.17) is 0 Å². The molecule has 0 atom stereocenters. The molecule has 1 aliphatic heterocycles. The molecular weight excluding hydrogens is 412 g/mol. The van der Waals surface area contributed by atoms with Crippen molar-refractivity contribution in [1.29, 1.82) is 0 Å². The van der Waals surface area contributed by atoms with Crippen LogP contribution in [-0.2, 0) is 7.05 Å². The Balaban J connectivity index is 1.63. The van der Waals surface area contributed by atoms with Gasteiger partial charge in [0.05, 0.1) is 11.9 Å². The average molecular weight is 441 g/mol. The third-order valence-electron chi connectivity index (χ3n) is 6.32. The lowest BCUT2D eigenvalue weighted by atomic mass is 9.97. The maximum Gasteiger partial charge on any atom is 0.138 e. The number of amidine groups is 1. The third-order valence-corrected chi connectivity index (χ3v) is 6.32. The van der Waals surface area contributed by atoms with E-state index in [0.29, 0.717) is 0 Å². The molecule has 8 nitrogen and oxygen atoms in total. The molecule has 0 bridgehead atoms. The van der Waals surface area contributed by atoms with Crippen molar-refractivity contribution >= 4 is 29.3 Å². The number of hydrogen-bond acceptors (Lipinski definition) is 5. The molecule has 0 saturated carbocycles. The van der Waals surface area contributed by atoms with Crippen molar-refractivity contribution in [2.45, 2.75) is 0 Å². The lowest BCUT2D eigenvalue weighted by molar-refractivity contribution is 0.215. The number of piperazine rings is 1. The number of benzene rings is 1. The van der Waals surface area contributed by atoms with Crippen molar-refractivity contribution in [3.63, 3.8) is 0 Å². The normalized spacial score (nSPS) is 15.4. The van der Waals surface area contributed by atoms with Crippen LogP contribution in [0.2, 0.25) is 0 Å². The second-order valence-electron chi connectivity index (χ2n) is 8.41. The van der Waals surface area contributed by atoms with Gasteiger partial charge in [-0.3, -0.25) is 14.7 Å². The fraction of sp³-hybridized carbons (Fsp3) is 0.280. The highest BCUT2D eigenvalue weighted by Crippen LogP contribution is 2.37. The third kappa shape index (κ3) is 3.82. The zero-order valence-corrected chi connectivity index (χ0v) is 19.3. The van der Waals surface area contributed by atoms with E-state index in [2.05, 4.69) is 60.7 Å². The highest BCUT2D eigenvalue weighted by atomic mass is 15.3. The van der Waals surface area contributed by atoms with Crippen molar-refractivity contribution < 1.29 is 0 Å². The number of pyridine rings is 1. The Morgan fingerprint density at radius 3 is 2.58 bits per heavy atom. The highest BCUT2D eigenvalue weighted by molar-refractivity contribution is 6.07. The molecule has 1 aliphatic rings. The van der Waals surface area contributed by atoms with Crippen LogP contribution in [0, 0.1) is 0 Å². The molecule has 1 saturated heterocycles. The summed E-state index contributed by atoms with van der Waals surface area (Å²) in [5, 5.41) is 5.43. The van der Waals surface area contributed by atoms with E-state index in [1.54, 1.807) is 0 Å². The number of nitrogens with one attached hydrogen (secondary N) is 1. The second-order valence-corrected chi connectivity index (χ2v) is 8.41. The predicted molar refractivity (Wildman–Crippen MR) is 134 cm³/mol. The Morgan fingerprint density at radius 1 is 1.06 bits per heavy atom. The molecule has 168 valence electrons. The van der Waals surface area contributed by atoms with E-state index < -0.39 is 0 Å². The van der Waals surface area contributed by atoms with Gasteiger partial charge in [-0.25, -0.2) is 4.98 Å². The number of aromatic nitrogens is 4. The Hall–Kier alpha value is -3.78. The Labute approximate surface area is 193 Å². The fourth-order valence-electron chi connectivity index (χ4n) is 4.56. The summed E-state index contributed by atoms with van der Waals surface area (Å²) in [5.74, 6) is 0.956. The Morgan fingerprint density at radius 2 is 1.88 bits per heavy atom. The number of likely N-dealkylation sites (N-methyl/N-ethyl adjacent to an activating group) is 1. The summed E-state index contributed by atoms with van der Waals surface area (Å²) in [5.41, 5.74) is 7.00. The molecule has 8 heteroatoms. The number of fused-ring (bicyclic) bond motifs is 1. The van der Waals surface area contributed by atoms with E-state index in [1.807, 2.05) is 55.7 Å². The van der Waals surface area contributed by atoms with Gasteiger partial charge in [0.1, 0.15) is 11.5 Å². The summed E-state index contributed by atoms with van der Waals surface area (Å²) in [4.78, 5) is 21.6. The van der Waals surface area contributed by atoms with Gasteiger partial charge in [0.2, 0.25) is 0 Å². The van der Waals surface area contributed by atoms with Gasteiger partial charge in [-0.1, -0.05) is 6.07 Å². The summed E-state index contributed by atoms with van der Waals surface area (Å²) < 4.78 is 1.82. The van der Waals surface area contributed by atoms with Gasteiger partial charge >= 0.3 is 0 Å². The van der Waals surface area contributed by atoms with E-state index in [0.717, 1.165) is 76.6 Å². The standard InChI is InChI=1S/C25H28N8/c1-26-22-6-5-17(13-20(22)25(27-2)33-11-9-31(3)10-12-33)21-15-29-24-23(21)19(7-8-28-24)18-14-30-32(4)16-18/h5-8,13-16H,1,9-12H2,2-4H3,(H,28,29). The van der Waals surface area contributed by atoms with Crippen molar-refractivity contribution in [1.82, 2.24) is 29.5 Å². The first-order chi connectivity index (χ1) is 16.1. The first kappa shape index (κ1) is 21.1. The number of aryl methyl sites for hydroxylation is 1. The van der Waals surface area contributed by atoms with Crippen molar-refractivity contribution in [2.75, 3.05) is 40.3 Å². The molecule has 1 fully saturated rings. The first-order valence-corrected chi connectivity index (χ1v) is 11.1. The van der Waals surface area contributed by atoms with Crippen LogP contribution in [0.1, 0.15) is 5.56 Å². The number of H-pyrrole nitrogens is 1. The van der Waals surface area contributed by atoms with E-state index >= 15 is 0 Å². The van der Waals surface area contributed by atoms with Crippen molar-refractivity contribution in [2.24, 2.45) is 17.0 Å². The zero-order valence-electron chi connectivity index (χ0n) is 19.3. The Kier molecular flexibility index (Phi) is 5.51. The van der Waals surface area contributed by atoms with E-state index in [1.165, 1.54) is 0 Å². The lowest BCUT2D eigenvalue weighted by Gasteiger charge is -2.35. The maximum atomic E-state index is 4.67. The van der Waals surface area contributed by atoms with E-state index in [-0.39, 0.29) is 0 Å². The molecule has 0 aliphatic carbocycles. The molecule has 0 amide bonds. The minimum absolute atomic E-state index is 0.837. The van der Waals surface area contributed by atoms with Crippen LogP contribution in [0.3, 0.4) is 0 Å². The molecule has 1 N–H and O–H groups in total. The van der Waals surface area contributed by atoms with Gasteiger partial charge in [0, 0.05) is 80.9 Å². The van der Waals surface area contributed by atoms with Crippen LogP contribution in [0.15, 0.2) is 59.0 Å². The monoisotopic (exact) mass is 440 g/mol. The number of hydrogen-bond donors (Lipinski definition) is 1. The van der Waals surface area contributed by atoms with Crippen LogP contribution < -0.4 is 0 Å². The van der Waals surface area contributed by atoms with Crippen LogP contribution >= 0.6 is 0 Å². The predicted octanol–water partition coefficient (Wildman–Crippen LogP) is 3.59. The minimum Gasteiger partial charge on any atom is -0.354 e. The van der Waals surface area contributed by atoms with Gasteiger partial charge in [0.15, 0.2) is 0 Å². The summed E-state index contributed by atoms with van der Waals surface area (Å²) >= 11 is 0. The summed E-state index contributed by atoms with van der Waals surface area (Å²) in [6.45, 7) is 7.70. The highest BCUT2D eigenvalue weighted by Gasteiger charge is 2.22. The topological polar surface area (TPSA) is 77.7 Å². The van der Waals surface area contributed by atoms with Crippen LogP contribution in [-0.4, -0.2) is 82.4 Å². The number of rotatable bonds is 4. The van der Waals surface area contributed by atoms with E-state index in [9.17, 15) is 0 Å². The lowest BCUT2D eigenvalue weighted by Crippen LogP contribution is -2.47. The molecule has 0 radical (unpaired) electrons. The summed E-state index contributed by atoms with van der Waals surface area (Å²) in [6, 6.07) is 8.33. The maximum absolute atomic E-state index is 4.67. The number of aromatic amines is 1. The molecule has 5 rings (SSSR count). The summed E-state index contributed by atoms with van der Waals surface area (Å²) in [6.07, 6.45) is 7.76. The molecule has 33 heavy (non-hydrogen) atoms. The van der Waals surface area contributed by atoms with Gasteiger partial charge < -0.3 is 14.8 Å². The van der Waals surface area contributed by atoms with Gasteiger partial charge in [-0.05, 0) is 43.1 Å². The smallest absolute Gasteiger partial charge is 0.138 e. The minimum atomic E-state index is 0.837. The molecule has 4 heterocycles. The molecule has 0 unspecified atom stereocenters. The average Bonchev–Trinajstić information content (AvgIpc) is 3.47. The molecule has 3 aromatic heterocycles. The van der Waals surface area contributed by atoms with Crippen molar-refractivity contribution in [3.8, 4) is 22.3 Å². The van der Waals surface area contributed by atoms with Gasteiger partial charge in [0.25, 0.3) is 0 Å². The fourth-order valence-corrected chi connectivity index (χ4v) is 4.56. The summed E-state index contributed by atoms with van der Waals surface area (Å²) in [7, 11) is 5.93. The second kappa shape index (κ2) is 8.63. The first-order valence-electron chi connectivity index (χ1n) is 11.1. The number of aliphatic imine (C=N–C) groups is 2. The zero-order chi connectivity index (χ0) is 22.9. The molecule has 4 aromatic rings. The largest absolute Gasteiger partial charge is 0.354 e. The molecule has 1 aromatic carbocycles. The quantitative estimate of drug-likeness (QED) is 0.389. The van der Waals surface area contributed by atoms with Crippen LogP contribution in [0.5, 0.6) is 0 Å². The van der Waals surface area contributed by atoms with Crippen molar-refractivity contribution in [3.05, 3.63) is 54.6 Å². The van der Waals surface area contributed by atoms with Gasteiger partial charge in [-0.2, -0.15) is 5.10 Å². The SMILES string of the molecule is C=Nc1ccc(-c2c[nH]c3nccc(-c4cnn(C)c4)c23)cc1C(=NC)N1CCN(C)CC1. The molecular formula is C25H28N8.